The summed E-state index contributed by atoms with van der Waals surface area (Å²) < 4.78 is 0. The van der Waals surface area contributed by atoms with E-state index in [0.29, 0.717) is 5.82 Å². The van der Waals surface area contributed by atoms with Crippen molar-refractivity contribution in [3.05, 3.63) is 59.2 Å². The monoisotopic (exact) mass is 208 g/mol. The summed E-state index contributed by atoms with van der Waals surface area (Å²) >= 11 is 0. The van der Waals surface area contributed by atoms with Crippen LogP contribution in [-0.2, 0) is 0 Å². The lowest BCUT2D eigenvalue weighted by molar-refractivity contribution is 1.03. The van der Waals surface area contributed by atoms with Gasteiger partial charge in [0.05, 0.1) is 0 Å². The second-order valence-electron chi connectivity index (χ2n) is 3.59. The molecule has 0 amide bonds. The van der Waals surface area contributed by atoms with Crippen LogP contribution in [0.15, 0.2) is 36.4 Å². The molecule has 0 saturated carbocycles. The van der Waals surface area contributed by atoms with Crippen molar-refractivity contribution < 1.29 is 0 Å². The highest BCUT2D eigenvalue weighted by Crippen LogP contribution is 1.99. The number of aryl methyl sites for hydroxylation is 2. The van der Waals surface area contributed by atoms with E-state index in [0.717, 1.165) is 17.0 Å². The van der Waals surface area contributed by atoms with Gasteiger partial charge in [-0.15, -0.1) is 0 Å². The zero-order valence-electron chi connectivity index (χ0n) is 9.36. The van der Waals surface area contributed by atoms with Crippen LogP contribution in [-0.4, -0.2) is 9.97 Å². The fraction of sp³-hybridized carbons (Fsp3) is 0.143. The minimum absolute atomic E-state index is 0.585. The highest BCUT2D eigenvalue weighted by atomic mass is 14.9. The Kier molecular flexibility index (Phi) is 2.98. The summed E-state index contributed by atoms with van der Waals surface area (Å²) in [7, 11) is 0. The van der Waals surface area contributed by atoms with Crippen LogP contribution in [0.1, 0.15) is 22.8 Å². The number of aromatic nitrogens is 2. The number of nitrogens with zero attached hydrogens (tertiary/aromatic N) is 2. The predicted octanol–water partition coefficient (Wildman–Crippen LogP) is 2.49. The van der Waals surface area contributed by atoms with Crippen molar-refractivity contribution >= 4 is 0 Å². The van der Waals surface area contributed by atoms with Gasteiger partial charge in [-0.1, -0.05) is 24.1 Å². The predicted molar refractivity (Wildman–Crippen MR) is 63.9 cm³/mol. The van der Waals surface area contributed by atoms with E-state index in [1.807, 2.05) is 50.2 Å². The van der Waals surface area contributed by atoms with E-state index in [9.17, 15) is 0 Å². The van der Waals surface area contributed by atoms with Crippen LogP contribution < -0.4 is 0 Å². The van der Waals surface area contributed by atoms with Crippen molar-refractivity contribution in [1.29, 1.82) is 0 Å². The Bertz CT molecular complexity index is 528. The topological polar surface area (TPSA) is 25.8 Å². The third-order valence-electron chi connectivity index (χ3n) is 2.07. The van der Waals surface area contributed by atoms with Crippen LogP contribution in [0, 0.1) is 25.7 Å². The molecule has 0 bridgehead atoms. The Morgan fingerprint density at radius 2 is 1.50 bits per heavy atom. The molecule has 0 radical (unpaired) electrons. The first kappa shape index (κ1) is 10.4. The molecule has 16 heavy (non-hydrogen) atoms. The molecule has 1 aromatic carbocycles. The molecule has 0 aliphatic carbocycles. The average molecular weight is 208 g/mol. The summed E-state index contributed by atoms with van der Waals surface area (Å²) in [5.41, 5.74) is 2.87. The second-order valence-corrected chi connectivity index (χ2v) is 3.59. The molecule has 0 saturated heterocycles. The second kappa shape index (κ2) is 4.59. The molecule has 2 nitrogen and oxygen atoms in total. The largest absolute Gasteiger partial charge is 0.226 e. The van der Waals surface area contributed by atoms with Gasteiger partial charge in [0.25, 0.3) is 0 Å². The Morgan fingerprint density at radius 3 is 2.12 bits per heavy atom. The molecule has 2 aromatic rings. The highest BCUT2D eigenvalue weighted by molar-refractivity contribution is 5.38. The SMILES string of the molecule is Cc1cc(C)nc(C#Cc2ccccc2)n1. The van der Waals surface area contributed by atoms with Crippen LogP contribution >= 0.6 is 0 Å². The van der Waals surface area contributed by atoms with Gasteiger partial charge in [-0.05, 0) is 38.0 Å². The standard InChI is InChI=1S/C14H12N2/c1-11-10-12(2)16-14(15-11)9-8-13-6-4-3-5-7-13/h3-7,10H,1-2H3. The average Bonchev–Trinajstić information content (AvgIpc) is 2.27. The summed E-state index contributed by atoms with van der Waals surface area (Å²) in [6, 6.07) is 11.8. The maximum Gasteiger partial charge on any atom is 0.205 e. The summed E-state index contributed by atoms with van der Waals surface area (Å²) in [5.74, 6) is 6.60. The molecule has 0 unspecified atom stereocenters. The number of benzene rings is 1. The van der Waals surface area contributed by atoms with Crippen LogP contribution in [0.4, 0.5) is 0 Å². The van der Waals surface area contributed by atoms with E-state index in [4.69, 9.17) is 0 Å². The van der Waals surface area contributed by atoms with E-state index in [1.54, 1.807) is 0 Å². The Balaban J connectivity index is 2.31. The van der Waals surface area contributed by atoms with Crippen molar-refractivity contribution in [3.8, 4) is 11.8 Å². The molecule has 0 atom stereocenters. The maximum absolute atomic E-state index is 4.26. The first-order valence-electron chi connectivity index (χ1n) is 5.13. The van der Waals surface area contributed by atoms with Crippen LogP contribution in [0.25, 0.3) is 0 Å². The smallest absolute Gasteiger partial charge is 0.205 e. The summed E-state index contributed by atoms with van der Waals surface area (Å²) in [6.45, 7) is 3.89. The van der Waals surface area contributed by atoms with Gasteiger partial charge in [0.15, 0.2) is 0 Å². The Hall–Kier alpha value is -2.14. The minimum atomic E-state index is 0.585. The molecule has 0 spiro atoms. The molecule has 0 fully saturated rings. The van der Waals surface area contributed by atoms with E-state index >= 15 is 0 Å². The zero-order valence-corrected chi connectivity index (χ0v) is 9.36. The van der Waals surface area contributed by atoms with E-state index < -0.39 is 0 Å². The quantitative estimate of drug-likeness (QED) is 0.622. The normalized spacial score (nSPS) is 9.38. The lowest BCUT2D eigenvalue weighted by Crippen LogP contribution is -1.94. The van der Waals surface area contributed by atoms with Crippen LogP contribution in [0.2, 0.25) is 0 Å². The molecule has 0 aliphatic heterocycles. The van der Waals surface area contributed by atoms with Gasteiger partial charge in [-0.3, -0.25) is 0 Å². The van der Waals surface area contributed by atoms with Gasteiger partial charge >= 0.3 is 0 Å². The van der Waals surface area contributed by atoms with Crippen molar-refractivity contribution in [2.45, 2.75) is 13.8 Å². The third kappa shape index (κ3) is 2.68. The fourth-order valence-corrected chi connectivity index (χ4v) is 1.43. The summed E-state index contributed by atoms with van der Waals surface area (Å²) in [5, 5.41) is 0. The van der Waals surface area contributed by atoms with Gasteiger partial charge in [0, 0.05) is 17.0 Å². The zero-order chi connectivity index (χ0) is 11.4. The molecule has 0 aliphatic rings. The van der Waals surface area contributed by atoms with Crippen molar-refractivity contribution in [2.24, 2.45) is 0 Å². The van der Waals surface area contributed by atoms with Crippen LogP contribution in [0.3, 0.4) is 0 Å². The maximum atomic E-state index is 4.26. The minimum Gasteiger partial charge on any atom is -0.226 e. The molecule has 1 heterocycles. The van der Waals surface area contributed by atoms with Crippen LogP contribution in [0.5, 0.6) is 0 Å². The number of hydrogen-bond acceptors (Lipinski definition) is 2. The van der Waals surface area contributed by atoms with Crippen molar-refractivity contribution in [1.82, 2.24) is 9.97 Å². The Morgan fingerprint density at radius 1 is 0.875 bits per heavy atom. The fourth-order valence-electron chi connectivity index (χ4n) is 1.43. The molecule has 78 valence electrons. The summed E-state index contributed by atoms with van der Waals surface area (Å²) in [4.78, 5) is 8.53. The first-order valence-corrected chi connectivity index (χ1v) is 5.13. The Labute approximate surface area is 95.4 Å². The number of rotatable bonds is 0. The molecule has 2 rings (SSSR count). The molecule has 2 heteroatoms. The lowest BCUT2D eigenvalue weighted by atomic mass is 10.2. The van der Waals surface area contributed by atoms with Gasteiger partial charge in [-0.25, -0.2) is 9.97 Å². The van der Waals surface area contributed by atoms with Gasteiger partial charge in [0.1, 0.15) is 0 Å². The summed E-state index contributed by atoms with van der Waals surface area (Å²) in [6.07, 6.45) is 0. The van der Waals surface area contributed by atoms with E-state index in [-0.39, 0.29) is 0 Å². The first-order chi connectivity index (χ1) is 7.74. The van der Waals surface area contributed by atoms with Gasteiger partial charge < -0.3 is 0 Å². The van der Waals surface area contributed by atoms with Crippen molar-refractivity contribution in [3.63, 3.8) is 0 Å². The van der Waals surface area contributed by atoms with Gasteiger partial charge in [0.2, 0.25) is 5.82 Å². The number of hydrogen-bond donors (Lipinski definition) is 0. The molecule has 1 aromatic heterocycles. The highest BCUT2D eigenvalue weighted by Gasteiger charge is 1.94. The van der Waals surface area contributed by atoms with E-state index in [2.05, 4.69) is 21.8 Å². The lowest BCUT2D eigenvalue weighted by Gasteiger charge is -1.95. The molecular formula is C14H12N2. The van der Waals surface area contributed by atoms with Crippen molar-refractivity contribution in [2.75, 3.05) is 0 Å². The molecule has 0 N–H and O–H groups in total. The van der Waals surface area contributed by atoms with E-state index in [1.165, 1.54) is 0 Å². The molecular weight excluding hydrogens is 196 g/mol. The van der Waals surface area contributed by atoms with Gasteiger partial charge in [-0.2, -0.15) is 0 Å². The third-order valence-corrected chi connectivity index (χ3v) is 2.07.